The molecule has 2 heterocycles. The van der Waals surface area contributed by atoms with Crippen LogP contribution in [0.25, 0.3) is 10.8 Å². The van der Waals surface area contributed by atoms with E-state index in [0.29, 0.717) is 28.8 Å². The van der Waals surface area contributed by atoms with Crippen LogP contribution in [0.1, 0.15) is 36.2 Å². The van der Waals surface area contributed by atoms with E-state index in [1.54, 1.807) is 32.2 Å². The minimum Gasteiger partial charge on any atom is -0.497 e. The number of Topliss-reactive ketones (excluding diaryl/α,β-unsaturated/α-hetero) is 1. The molecule has 24 heavy (non-hydrogen) atoms. The Morgan fingerprint density at radius 1 is 1.29 bits per heavy atom. The van der Waals surface area contributed by atoms with E-state index in [1.165, 1.54) is 18.3 Å². The molecule has 3 rings (SSSR count). The summed E-state index contributed by atoms with van der Waals surface area (Å²) < 4.78 is 16.7. The van der Waals surface area contributed by atoms with Crippen LogP contribution in [0.2, 0.25) is 0 Å². The average molecular weight is 344 g/mol. The maximum absolute atomic E-state index is 11.8. The zero-order chi connectivity index (χ0) is 17.1. The van der Waals surface area contributed by atoms with Crippen LogP contribution in [0.3, 0.4) is 0 Å². The number of carbonyl (C=O) groups excluding carboxylic acids is 1. The molecule has 0 fully saturated rings. The highest BCUT2D eigenvalue weighted by atomic mass is 32.1. The monoisotopic (exact) mass is 344 g/mol. The highest BCUT2D eigenvalue weighted by Gasteiger charge is 2.19. The van der Waals surface area contributed by atoms with Crippen molar-refractivity contribution in [3.8, 4) is 22.3 Å². The summed E-state index contributed by atoms with van der Waals surface area (Å²) in [5.41, 5.74) is 0.473. The predicted octanol–water partition coefficient (Wildman–Crippen LogP) is 4.15. The maximum Gasteiger partial charge on any atom is 0.257 e. The van der Waals surface area contributed by atoms with E-state index in [2.05, 4.69) is 10.2 Å². The first-order chi connectivity index (χ1) is 11.6. The van der Waals surface area contributed by atoms with E-state index in [9.17, 15) is 4.79 Å². The number of nitrogens with zero attached hydrogens (tertiary/aromatic N) is 2. The van der Waals surface area contributed by atoms with Crippen LogP contribution in [0.4, 0.5) is 0 Å². The van der Waals surface area contributed by atoms with E-state index in [-0.39, 0.29) is 5.78 Å². The Morgan fingerprint density at radius 3 is 2.79 bits per heavy atom. The number of thiophene rings is 1. The number of rotatable bonds is 6. The largest absolute Gasteiger partial charge is 0.497 e. The van der Waals surface area contributed by atoms with Gasteiger partial charge in [0.15, 0.2) is 11.9 Å². The molecule has 2 aromatic heterocycles. The van der Waals surface area contributed by atoms with Gasteiger partial charge in [0, 0.05) is 6.07 Å². The highest BCUT2D eigenvalue weighted by molar-refractivity contribution is 7.13. The fourth-order valence-corrected chi connectivity index (χ4v) is 2.80. The summed E-state index contributed by atoms with van der Waals surface area (Å²) in [4.78, 5) is 12.7. The molecule has 0 radical (unpaired) electrons. The molecular weight excluding hydrogens is 328 g/mol. The minimum absolute atomic E-state index is 0.0929. The lowest BCUT2D eigenvalue weighted by Gasteiger charge is -2.14. The zero-order valence-corrected chi connectivity index (χ0v) is 14.3. The zero-order valence-electron chi connectivity index (χ0n) is 13.5. The Labute approximate surface area is 143 Å². The van der Waals surface area contributed by atoms with Gasteiger partial charge >= 0.3 is 0 Å². The molecule has 0 aliphatic heterocycles. The molecule has 0 spiro atoms. The lowest BCUT2D eigenvalue weighted by atomic mass is 10.1. The quantitative estimate of drug-likeness (QED) is 0.625. The molecular formula is C17H16N2O4S. The van der Waals surface area contributed by atoms with Gasteiger partial charge in [0.25, 0.3) is 11.8 Å². The summed E-state index contributed by atoms with van der Waals surface area (Å²) in [7, 11) is 1.56. The fraction of sp³-hybridized carbons (Fsp3) is 0.235. The molecule has 0 N–H and O–H groups in total. The number of hydrogen-bond acceptors (Lipinski definition) is 7. The third-order valence-corrected chi connectivity index (χ3v) is 4.25. The molecule has 0 aliphatic rings. The third-order valence-electron chi connectivity index (χ3n) is 3.39. The minimum atomic E-state index is -0.503. The first-order valence-electron chi connectivity index (χ1n) is 7.31. The Morgan fingerprint density at radius 2 is 2.12 bits per heavy atom. The van der Waals surface area contributed by atoms with Crippen molar-refractivity contribution in [1.82, 2.24) is 10.2 Å². The third kappa shape index (κ3) is 3.30. The first-order valence-corrected chi connectivity index (χ1v) is 8.19. The van der Waals surface area contributed by atoms with Crippen LogP contribution >= 0.6 is 11.3 Å². The van der Waals surface area contributed by atoms with Gasteiger partial charge in [-0.15, -0.1) is 21.5 Å². The van der Waals surface area contributed by atoms with Crippen molar-refractivity contribution in [2.45, 2.75) is 20.0 Å². The van der Waals surface area contributed by atoms with Gasteiger partial charge in [0.1, 0.15) is 11.5 Å². The number of hydrogen-bond donors (Lipinski definition) is 0. The van der Waals surface area contributed by atoms with Gasteiger partial charge < -0.3 is 13.9 Å². The van der Waals surface area contributed by atoms with Gasteiger partial charge in [-0.1, -0.05) is 6.07 Å². The van der Waals surface area contributed by atoms with E-state index >= 15 is 0 Å². The lowest BCUT2D eigenvalue weighted by molar-refractivity contribution is 0.100. The molecule has 0 bridgehead atoms. The predicted molar refractivity (Wildman–Crippen MR) is 89.7 cm³/mol. The molecule has 7 heteroatoms. The lowest BCUT2D eigenvalue weighted by Crippen LogP contribution is -2.07. The molecule has 6 nitrogen and oxygen atoms in total. The van der Waals surface area contributed by atoms with Gasteiger partial charge in [-0.05, 0) is 37.4 Å². The van der Waals surface area contributed by atoms with Crippen molar-refractivity contribution in [2.24, 2.45) is 0 Å². The molecule has 0 saturated heterocycles. The number of benzene rings is 1. The fourth-order valence-electron chi connectivity index (χ4n) is 2.16. The smallest absolute Gasteiger partial charge is 0.257 e. The van der Waals surface area contributed by atoms with Crippen molar-refractivity contribution < 1.29 is 18.7 Å². The van der Waals surface area contributed by atoms with Crippen molar-refractivity contribution in [3.63, 3.8) is 0 Å². The molecule has 124 valence electrons. The van der Waals surface area contributed by atoms with Gasteiger partial charge in [-0.25, -0.2) is 0 Å². The summed E-state index contributed by atoms with van der Waals surface area (Å²) >= 11 is 1.52. The van der Waals surface area contributed by atoms with Crippen molar-refractivity contribution in [1.29, 1.82) is 0 Å². The van der Waals surface area contributed by atoms with Gasteiger partial charge in [0.05, 0.1) is 17.6 Å². The Balaban J connectivity index is 1.84. The van der Waals surface area contributed by atoms with E-state index in [1.807, 2.05) is 17.5 Å². The number of ketones is 1. The topological polar surface area (TPSA) is 74.5 Å². The standard InChI is InChI=1S/C17H16N2O4S/c1-10(20)13-7-6-12(21-3)9-14(13)22-11(2)16-18-19-17(23-16)15-5-4-8-24-15/h4-9,11H,1-3H3. The van der Waals surface area contributed by atoms with Crippen molar-refractivity contribution in [2.75, 3.05) is 7.11 Å². The van der Waals surface area contributed by atoms with Crippen LogP contribution in [-0.4, -0.2) is 23.1 Å². The second-order valence-electron chi connectivity index (χ2n) is 5.10. The van der Waals surface area contributed by atoms with Gasteiger partial charge in [-0.3, -0.25) is 4.79 Å². The number of carbonyl (C=O) groups is 1. The molecule has 3 aromatic rings. The molecule has 1 unspecified atom stereocenters. The van der Waals surface area contributed by atoms with Crippen LogP contribution in [0.15, 0.2) is 40.1 Å². The second-order valence-corrected chi connectivity index (χ2v) is 6.05. The van der Waals surface area contributed by atoms with Crippen LogP contribution in [0, 0.1) is 0 Å². The number of methoxy groups -OCH3 is 1. The normalized spacial score (nSPS) is 12.0. The van der Waals surface area contributed by atoms with Crippen LogP contribution in [-0.2, 0) is 0 Å². The Kier molecular flexibility index (Phi) is 4.61. The highest BCUT2D eigenvalue weighted by Crippen LogP contribution is 2.31. The Hall–Kier alpha value is -2.67. The maximum atomic E-state index is 11.8. The van der Waals surface area contributed by atoms with Crippen molar-refractivity contribution >= 4 is 17.1 Å². The van der Waals surface area contributed by atoms with E-state index in [0.717, 1.165) is 4.88 Å². The van der Waals surface area contributed by atoms with E-state index < -0.39 is 6.10 Å². The Bertz CT molecular complexity index is 842. The van der Waals surface area contributed by atoms with E-state index in [4.69, 9.17) is 13.9 Å². The molecule has 1 atom stereocenters. The molecule has 0 amide bonds. The van der Waals surface area contributed by atoms with Crippen LogP contribution in [0.5, 0.6) is 11.5 Å². The molecule has 0 saturated carbocycles. The van der Waals surface area contributed by atoms with Crippen LogP contribution < -0.4 is 9.47 Å². The summed E-state index contributed by atoms with van der Waals surface area (Å²) in [6, 6.07) is 8.89. The number of aromatic nitrogens is 2. The molecule has 0 aliphatic carbocycles. The SMILES string of the molecule is COc1ccc(C(C)=O)c(OC(C)c2nnc(-c3cccs3)o2)c1. The molecule has 1 aromatic carbocycles. The van der Waals surface area contributed by atoms with Gasteiger partial charge in [0.2, 0.25) is 0 Å². The summed E-state index contributed by atoms with van der Waals surface area (Å²) in [5, 5.41) is 10.0. The van der Waals surface area contributed by atoms with Gasteiger partial charge in [-0.2, -0.15) is 0 Å². The second kappa shape index (κ2) is 6.84. The first kappa shape index (κ1) is 16.2. The summed E-state index contributed by atoms with van der Waals surface area (Å²) in [6.45, 7) is 3.27. The summed E-state index contributed by atoms with van der Waals surface area (Å²) in [5.74, 6) is 1.73. The van der Waals surface area contributed by atoms with Crippen molar-refractivity contribution in [3.05, 3.63) is 47.2 Å². The number of ether oxygens (including phenoxy) is 2. The average Bonchev–Trinajstić information content (AvgIpc) is 3.25. The summed E-state index contributed by atoms with van der Waals surface area (Å²) in [6.07, 6.45) is -0.503.